The SMILES string of the molecule is Cc1cc(N2CCCC2)ccc1OCc1c(C)cccc1-n1nnn(C)c1=O. The van der Waals surface area contributed by atoms with Gasteiger partial charge in [-0.1, -0.05) is 12.1 Å². The molecule has 0 radical (unpaired) electrons. The van der Waals surface area contributed by atoms with Gasteiger partial charge in [-0.25, -0.2) is 4.79 Å². The molecule has 2 aromatic carbocycles. The van der Waals surface area contributed by atoms with Crippen molar-refractivity contribution in [3.05, 3.63) is 63.6 Å². The van der Waals surface area contributed by atoms with E-state index in [4.69, 9.17) is 4.74 Å². The number of benzene rings is 2. The van der Waals surface area contributed by atoms with Crippen LogP contribution in [0, 0.1) is 13.8 Å². The van der Waals surface area contributed by atoms with E-state index in [2.05, 4.69) is 34.4 Å². The van der Waals surface area contributed by atoms with E-state index in [1.165, 1.54) is 27.9 Å². The van der Waals surface area contributed by atoms with Crippen LogP contribution in [0.2, 0.25) is 0 Å². The maximum absolute atomic E-state index is 12.3. The summed E-state index contributed by atoms with van der Waals surface area (Å²) in [6, 6.07) is 12.1. The molecule has 1 aromatic heterocycles. The van der Waals surface area contributed by atoms with Crippen molar-refractivity contribution >= 4 is 5.69 Å². The fourth-order valence-corrected chi connectivity index (χ4v) is 3.66. The Morgan fingerprint density at radius 2 is 1.82 bits per heavy atom. The first-order chi connectivity index (χ1) is 13.5. The average molecular weight is 379 g/mol. The lowest BCUT2D eigenvalue weighted by Gasteiger charge is -2.20. The van der Waals surface area contributed by atoms with Crippen LogP contribution >= 0.6 is 0 Å². The number of aryl methyl sites for hydroxylation is 3. The third-order valence-corrected chi connectivity index (χ3v) is 5.34. The molecule has 0 saturated carbocycles. The molecule has 0 bridgehead atoms. The number of rotatable bonds is 5. The largest absolute Gasteiger partial charge is 0.489 e. The minimum absolute atomic E-state index is 0.280. The highest BCUT2D eigenvalue weighted by atomic mass is 16.5. The van der Waals surface area contributed by atoms with Crippen LogP contribution in [0.25, 0.3) is 5.69 Å². The minimum atomic E-state index is -0.280. The number of hydrogen-bond acceptors (Lipinski definition) is 5. The summed E-state index contributed by atoms with van der Waals surface area (Å²) >= 11 is 0. The van der Waals surface area contributed by atoms with Crippen LogP contribution < -0.4 is 15.3 Å². The molecule has 0 aliphatic carbocycles. The number of hydrogen-bond donors (Lipinski definition) is 0. The molecule has 28 heavy (non-hydrogen) atoms. The molecule has 0 N–H and O–H groups in total. The van der Waals surface area contributed by atoms with Gasteiger partial charge >= 0.3 is 5.69 Å². The van der Waals surface area contributed by atoms with E-state index in [0.717, 1.165) is 35.5 Å². The smallest absolute Gasteiger partial charge is 0.368 e. The molecule has 0 amide bonds. The molecule has 1 aliphatic rings. The molecule has 1 aliphatic heterocycles. The summed E-state index contributed by atoms with van der Waals surface area (Å²) in [7, 11) is 1.59. The standard InChI is InChI=1S/C21H25N5O2/c1-15-7-6-8-19(26-21(27)24(3)22-23-26)18(15)14-28-20-10-9-17(13-16(20)2)25-11-4-5-12-25/h6-10,13H,4-5,11-12,14H2,1-3H3. The van der Waals surface area contributed by atoms with E-state index in [9.17, 15) is 4.79 Å². The van der Waals surface area contributed by atoms with Gasteiger partial charge < -0.3 is 9.64 Å². The van der Waals surface area contributed by atoms with Crippen LogP contribution in [0.1, 0.15) is 29.5 Å². The molecular formula is C21H25N5O2. The topological polar surface area (TPSA) is 65.2 Å². The van der Waals surface area contributed by atoms with Crippen molar-refractivity contribution in [1.29, 1.82) is 0 Å². The Morgan fingerprint density at radius 1 is 1.04 bits per heavy atom. The third-order valence-electron chi connectivity index (χ3n) is 5.34. The van der Waals surface area contributed by atoms with Gasteiger partial charge in [-0.3, -0.25) is 0 Å². The van der Waals surface area contributed by atoms with Crippen molar-refractivity contribution in [3.8, 4) is 11.4 Å². The summed E-state index contributed by atoms with van der Waals surface area (Å²) in [4.78, 5) is 14.7. The first-order valence-electron chi connectivity index (χ1n) is 9.61. The van der Waals surface area contributed by atoms with Gasteiger partial charge in [0.25, 0.3) is 0 Å². The lowest BCUT2D eigenvalue weighted by Crippen LogP contribution is -2.23. The Morgan fingerprint density at radius 3 is 2.50 bits per heavy atom. The first-order valence-corrected chi connectivity index (χ1v) is 9.61. The molecule has 7 heteroatoms. The second-order valence-corrected chi connectivity index (χ2v) is 7.30. The van der Waals surface area contributed by atoms with Crippen molar-refractivity contribution in [3.63, 3.8) is 0 Å². The van der Waals surface area contributed by atoms with Gasteiger partial charge in [0, 0.05) is 31.4 Å². The monoisotopic (exact) mass is 379 g/mol. The number of aromatic nitrogens is 4. The van der Waals surface area contributed by atoms with Gasteiger partial charge in [-0.05, 0) is 72.5 Å². The molecule has 1 fully saturated rings. The van der Waals surface area contributed by atoms with E-state index in [0.29, 0.717) is 12.3 Å². The molecule has 7 nitrogen and oxygen atoms in total. The fraction of sp³-hybridized carbons (Fsp3) is 0.381. The minimum Gasteiger partial charge on any atom is -0.489 e. The molecule has 0 unspecified atom stereocenters. The Bertz CT molecular complexity index is 1050. The van der Waals surface area contributed by atoms with Gasteiger partial charge in [-0.2, -0.15) is 9.36 Å². The number of anilines is 1. The molecular weight excluding hydrogens is 354 g/mol. The van der Waals surface area contributed by atoms with Crippen molar-refractivity contribution in [1.82, 2.24) is 19.8 Å². The van der Waals surface area contributed by atoms with Crippen LogP contribution in [0.4, 0.5) is 5.69 Å². The molecule has 1 saturated heterocycles. The molecule has 0 spiro atoms. The zero-order chi connectivity index (χ0) is 19.7. The van der Waals surface area contributed by atoms with Gasteiger partial charge in [0.1, 0.15) is 12.4 Å². The Labute approximate surface area is 164 Å². The molecule has 0 atom stereocenters. The summed E-state index contributed by atoms with van der Waals surface area (Å²) < 4.78 is 8.67. The highest BCUT2D eigenvalue weighted by Gasteiger charge is 2.16. The van der Waals surface area contributed by atoms with Crippen LogP contribution in [-0.2, 0) is 13.7 Å². The maximum Gasteiger partial charge on any atom is 0.368 e. The van der Waals surface area contributed by atoms with Crippen LogP contribution in [0.3, 0.4) is 0 Å². The van der Waals surface area contributed by atoms with Crippen molar-refractivity contribution < 1.29 is 4.74 Å². The second kappa shape index (κ2) is 7.50. The number of nitrogens with zero attached hydrogens (tertiary/aromatic N) is 5. The lowest BCUT2D eigenvalue weighted by atomic mass is 10.1. The highest BCUT2D eigenvalue weighted by molar-refractivity contribution is 5.53. The average Bonchev–Trinajstić information content (AvgIpc) is 3.33. The second-order valence-electron chi connectivity index (χ2n) is 7.30. The summed E-state index contributed by atoms with van der Waals surface area (Å²) in [5, 5.41) is 7.79. The number of ether oxygens (including phenoxy) is 1. The molecule has 2 heterocycles. The Kier molecular flexibility index (Phi) is 4.90. The maximum atomic E-state index is 12.3. The predicted octanol–water partition coefficient (Wildman–Crippen LogP) is 2.76. The van der Waals surface area contributed by atoms with E-state index >= 15 is 0 Å². The van der Waals surface area contributed by atoms with Crippen molar-refractivity contribution in [2.24, 2.45) is 7.05 Å². The number of tetrazole rings is 1. The Hall–Kier alpha value is -3.09. The fourth-order valence-electron chi connectivity index (χ4n) is 3.66. The Balaban J connectivity index is 1.59. The van der Waals surface area contributed by atoms with E-state index in [1.54, 1.807) is 7.05 Å². The molecule has 4 rings (SSSR count). The van der Waals surface area contributed by atoms with Gasteiger partial charge in [0.2, 0.25) is 0 Å². The van der Waals surface area contributed by atoms with Crippen LogP contribution in [-0.4, -0.2) is 32.9 Å². The lowest BCUT2D eigenvalue weighted by molar-refractivity contribution is 0.302. The highest BCUT2D eigenvalue weighted by Crippen LogP contribution is 2.28. The zero-order valence-corrected chi connectivity index (χ0v) is 16.6. The molecule has 146 valence electrons. The van der Waals surface area contributed by atoms with Gasteiger partial charge in [0.05, 0.1) is 5.69 Å². The summed E-state index contributed by atoms with van der Waals surface area (Å²) in [6.07, 6.45) is 2.52. The van der Waals surface area contributed by atoms with Crippen LogP contribution in [0.15, 0.2) is 41.2 Å². The van der Waals surface area contributed by atoms with Crippen molar-refractivity contribution in [2.75, 3.05) is 18.0 Å². The van der Waals surface area contributed by atoms with Gasteiger partial charge in [-0.15, -0.1) is 0 Å². The van der Waals surface area contributed by atoms with E-state index in [-0.39, 0.29) is 5.69 Å². The normalized spacial score (nSPS) is 13.9. The van der Waals surface area contributed by atoms with E-state index < -0.39 is 0 Å². The zero-order valence-electron chi connectivity index (χ0n) is 16.6. The predicted molar refractivity (Wildman–Crippen MR) is 108 cm³/mol. The van der Waals surface area contributed by atoms with Gasteiger partial charge in [0.15, 0.2) is 0 Å². The summed E-state index contributed by atoms with van der Waals surface area (Å²) in [6.45, 7) is 6.68. The first kappa shape index (κ1) is 18.3. The van der Waals surface area contributed by atoms with Crippen molar-refractivity contribution in [2.45, 2.75) is 33.3 Å². The van der Waals surface area contributed by atoms with E-state index in [1.807, 2.05) is 31.2 Å². The third kappa shape index (κ3) is 3.40. The summed E-state index contributed by atoms with van der Waals surface area (Å²) in [5.74, 6) is 0.851. The molecule has 3 aromatic rings. The quantitative estimate of drug-likeness (QED) is 0.682. The van der Waals surface area contributed by atoms with Crippen LogP contribution in [0.5, 0.6) is 5.75 Å². The summed E-state index contributed by atoms with van der Waals surface area (Å²) in [5.41, 5.74) is 4.75.